The molecule has 29 heavy (non-hydrogen) atoms. The second kappa shape index (κ2) is 5.81. The van der Waals surface area contributed by atoms with Crippen molar-refractivity contribution >= 4 is 22.4 Å². The van der Waals surface area contributed by atoms with Gasteiger partial charge >= 0.3 is 0 Å². The number of rotatable bonds is 1. The Morgan fingerprint density at radius 3 is 2.90 bits per heavy atom. The van der Waals surface area contributed by atoms with E-state index >= 15 is 0 Å². The third kappa shape index (κ3) is 2.14. The van der Waals surface area contributed by atoms with Crippen molar-refractivity contribution in [1.29, 1.82) is 5.41 Å². The number of nitrogens with zero attached hydrogens (tertiary/aromatic N) is 2. The first-order valence-corrected chi connectivity index (χ1v) is 11.1. The molecule has 2 fully saturated rings. The Hall–Kier alpha value is -2.42. The Kier molecular flexibility index (Phi) is 3.49. The predicted octanol–water partition coefficient (Wildman–Crippen LogP) is 6.25. The summed E-state index contributed by atoms with van der Waals surface area (Å²) in [6, 6.07) is 8.49. The monoisotopic (exact) mass is 383 g/mol. The minimum Gasteiger partial charge on any atom is -0.304 e. The van der Waals surface area contributed by atoms with Crippen LogP contribution in [0.5, 0.6) is 0 Å². The number of hydrogen-bond acceptors (Lipinski definition) is 2. The van der Waals surface area contributed by atoms with Gasteiger partial charge in [-0.2, -0.15) is 0 Å². The Labute approximate surface area is 172 Å². The van der Waals surface area contributed by atoms with Gasteiger partial charge in [0.25, 0.3) is 0 Å². The van der Waals surface area contributed by atoms with Crippen molar-refractivity contribution in [1.82, 2.24) is 9.55 Å². The molecule has 1 aromatic carbocycles. The highest BCUT2D eigenvalue weighted by atomic mass is 15.1. The van der Waals surface area contributed by atoms with Crippen molar-refractivity contribution in [2.24, 2.45) is 28.6 Å². The van der Waals surface area contributed by atoms with Crippen molar-refractivity contribution in [3.63, 3.8) is 0 Å². The van der Waals surface area contributed by atoms with Gasteiger partial charge in [-0.05, 0) is 75.0 Å². The van der Waals surface area contributed by atoms with E-state index in [1.807, 2.05) is 12.4 Å². The first-order chi connectivity index (χ1) is 14.0. The summed E-state index contributed by atoms with van der Waals surface area (Å²) in [5.74, 6) is 1.98. The van der Waals surface area contributed by atoms with Crippen molar-refractivity contribution in [2.45, 2.75) is 46.0 Å². The molecule has 0 unspecified atom stereocenters. The maximum atomic E-state index is 8.76. The molecule has 3 heteroatoms. The van der Waals surface area contributed by atoms with Crippen LogP contribution in [0.25, 0.3) is 16.7 Å². The van der Waals surface area contributed by atoms with E-state index < -0.39 is 0 Å². The second-order valence-corrected chi connectivity index (χ2v) is 9.97. The Morgan fingerprint density at radius 1 is 1.14 bits per heavy atom. The number of nitrogens with one attached hydrogen (secondary N) is 1. The molecule has 2 saturated carbocycles. The number of fused-ring (bicyclic) bond motifs is 6. The van der Waals surface area contributed by atoms with Crippen LogP contribution < -0.4 is 0 Å². The van der Waals surface area contributed by atoms with E-state index in [2.05, 4.69) is 65.9 Å². The van der Waals surface area contributed by atoms with Gasteiger partial charge in [0, 0.05) is 22.2 Å². The van der Waals surface area contributed by atoms with E-state index in [9.17, 15) is 0 Å². The highest BCUT2D eigenvalue weighted by Gasteiger charge is 2.58. The highest BCUT2D eigenvalue weighted by Crippen LogP contribution is 2.65. The molecule has 1 heterocycles. The fourth-order valence-electron chi connectivity index (χ4n) is 7.36. The molecule has 6 rings (SSSR count). The summed E-state index contributed by atoms with van der Waals surface area (Å²) in [7, 11) is 0. The van der Waals surface area contributed by atoms with Crippen LogP contribution in [0.4, 0.5) is 0 Å². The molecule has 0 aliphatic heterocycles. The number of benzene rings is 1. The highest BCUT2D eigenvalue weighted by molar-refractivity contribution is 6.01. The minimum atomic E-state index is -0.0521. The van der Waals surface area contributed by atoms with Crippen molar-refractivity contribution in [2.75, 3.05) is 0 Å². The summed E-state index contributed by atoms with van der Waals surface area (Å²) in [6.45, 7) is 4.86. The normalized spacial score (nSPS) is 38.3. The predicted molar refractivity (Wildman–Crippen MR) is 119 cm³/mol. The quantitative estimate of drug-likeness (QED) is 0.622. The van der Waals surface area contributed by atoms with Crippen LogP contribution in [0, 0.1) is 34.0 Å². The van der Waals surface area contributed by atoms with Gasteiger partial charge in [-0.1, -0.05) is 42.9 Å². The molecule has 0 bridgehead atoms. The van der Waals surface area contributed by atoms with Gasteiger partial charge in [-0.25, -0.2) is 4.98 Å². The summed E-state index contributed by atoms with van der Waals surface area (Å²) < 4.78 is 2.36. The molecule has 148 valence electrons. The van der Waals surface area contributed by atoms with E-state index in [0.29, 0.717) is 17.8 Å². The zero-order chi connectivity index (χ0) is 19.8. The van der Waals surface area contributed by atoms with E-state index in [0.717, 1.165) is 24.1 Å². The average Bonchev–Trinajstić information content (AvgIpc) is 3.29. The molecular formula is C26H29N3. The molecular weight excluding hydrogens is 354 g/mol. The van der Waals surface area contributed by atoms with Gasteiger partial charge in [0.05, 0.1) is 11.0 Å². The lowest BCUT2D eigenvalue weighted by Gasteiger charge is -2.57. The van der Waals surface area contributed by atoms with Crippen LogP contribution in [0.15, 0.2) is 60.5 Å². The molecule has 0 amide bonds. The van der Waals surface area contributed by atoms with E-state index in [-0.39, 0.29) is 10.8 Å². The van der Waals surface area contributed by atoms with Crippen LogP contribution in [0.3, 0.4) is 0 Å². The standard InChI is InChI=1S/C26H29N3/c1-25-15-14-20-18(11-10-17-6-5-9-23(27)26(17,20)2)19(25)12-13-24(25)29-16-28-21-7-3-4-8-22(21)29/h3-9,13,16,18-20,27H,10-12,14-15H2,1-2H3/t18-,19-,20-,25-,26-/m0/s1. The molecule has 5 atom stereocenters. The van der Waals surface area contributed by atoms with Crippen LogP contribution in [0.1, 0.15) is 46.0 Å². The van der Waals surface area contributed by atoms with Gasteiger partial charge in [0.15, 0.2) is 0 Å². The largest absolute Gasteiger partial charge is 0.304 e. The lowest BCUT2D eigenvalue weighted by atomic mass is 9.47. The van der Waals surface area contributed by atoms with E-state index in [4.69, 9.17) is 5.41 Å². The Bertz CT molecular complexity index is 1120. The molecule has 0 spiro atoms. The Balaban J connectivity index is 1.39. The molecule has 4 aliphatic rings. The number of allylic oxidation sites excluding steroid dienone is 6. The van der Waals surface area contributed by atoms with Crippen molar-refractivity contribution in [3.8, 4) is 0 Å². The van der Waals surface area contributed by atoms with Crippen LogP contribution in [0.2, 0.25) is 0 Å². The SMILES string of the molecule is C[C@]12C(=N)C=CC=C1CC[C@@H]1[C@@H]2CC[C@]2(C)C(n3cnc4ccccc43)=CC[C@@H]12. The van der Waals surface area contributed by atoms with Crippen LogP contribution in [-0.2, 0) is 0 Å². The lowest BCUT2D eigenvalue weighted by Crippen LogP contribution is -2.52. The van der Waals surface area contributed by atoms with Gasteiger partial charge in [0.1, 0.15) is 6.33 Å². The van der Waals surface area contributed by atoms with Crippen LogP contribution in [-0.4, -0.2) is 15.3 Å². The smallest absolute Gasteiger partial charge is 0.100 e. The second-order valence-electron chi connectivity index (χ2n) is 9.97. The molecule has 1 aromatic heterocycles. The summed E-state index contributed by atoms with van der Waals surface area (Å²) in [5.41, 5.74) is 6.25. The summed E-state index contributed by atoms with van der Waals surface area (Å²) in [5, 5.41) is 8.76. The maximum absolute atomic E-state index is 8.76. The first kappa shape index (κ1) is 17.4. The van der Waals surface area contributed by atoms with Crippen molar-refractivity contribution in [3.05, 3.63) is 60.5 Å². The number of imidazole rings is 1. The number of aromatic nitrogens is 2. The zero-order valence-electron chi connectivity index (χ0n) is 17.4. The molecule has 2 aromatic rings. The first-order valence-electron chi connectivity index (χ1n) is 11.1. The summed E-state index contributed by atoms with van der Waals surface area (Å²) in [4.78, 5) is 4.67. The van der Waals surface area contributed by atoms with Gasteiger partial charge in [-0.15, -0.1) is 0 Å². The molecule has 0 saturated heterocycles. The molecule has 1 N–H and O–H groups in total. The molecule has 4 aliphatic carbocycles. The average molecular weight is 384 g/mol. The minimum absolute atomic E-state index is 0.0521. The Morgan fingerprint density at radius 2 is 2.00 bits per heavy atom. The van der Waals surface area contributed by atoms with E-state index in [1.54, 1.807) is 0 Å². The summed E-state index contributed by atoms with van der Waals surface area (Å²) >= 11 is 0. The molecule has 0 radical (unpaired) electrons. The molecule has 3 nitrogen and oxygen atoms in total. The van der Waals surface area contributed by atoms with Crippen molar-refractivity contribution < 1.29 is 0 Å². The fourth-order valence-corrected chi connectivity index (χ4v) is 7.36. The summed E-state index contributed by atoms with van der Waals surface area (Å²) in [6.07, 6.45) is 17.0. The fraction of sp³-hybridized carbons (Fsp3) is 0.462. The number of para-hydroxylation sites is 2. The van der Waals surface area contributed by atoms with Gasteiger partial charge in [-0.3, -0.25) is 0 Å². The van der Waals surface area contributed by atoms with E-state index in [1.165, 1.54) is 36.0 Å². The maximum Gasteiger partial charge on any atom is 0.100 e. The lowest BCUT2D eigenvalue weighted by molar-refractivity contribution is 0.00736. The number of hydrogen-bond donors (Lipinski definition) is 1. The topological polar surface area (TPSA) is 41.7 Å². The van der Waals surface area contributed by atoms with Crippen LogP contribution >= 0.6 is 0 Å². The third-order valence-electron chi connectivity index (χ3n) is 8.97. The third-order valence-corrected chi connectivity index (χ3v) is 8.97. The van der Waals surface area contributed by atoms with Gasteiger partial charge < -0.3 is 9.98 Å². The zero-order valence-corrected chi connectivity index (χ0v) is 17.4. The van der Waals surface area contributed by atoms with Gasteiger partial charge in [0.2, 0.25) is 0 Å².